The molecular formula is C36H35N3O8S. The number of carbonyl (C=O) groups excluding carboxylic acids is 3. The molecule has 4 aromatic rings. The number of anilines is 2. The molecule has 0 bridgehead atoms. The Hall–Kier alpha value is -5.75. The number of hydrogen-bond donors (Lipinski definition) is 4. The molecule has 0 fully saturated rings. The van der Waals surface area contributed by atoms with Gasteiger partial charge < -0.3 is 35.3 Å². The van der Waals surface area contributed by atoms with Gasteiger partial charge in [-0.15, -0.1) is 11.8 Å². The molecule has 0 heterocycles. The first-order valence-corrected chi connectivity index (χ1v) is 15.5. The van der Waals surface area contributed by atoms with Crippen LogP contribution >= 0.6 is 11.8 Å². The van der Waals surface area contributed by atoms with Crippen LogP contribution < -0.4 is 30.2 Å². The number of amides is 3. The van der Waals surface area contributed by atoms with Crippen molar-refractivity contribution >= 4 is 52.9 Å². The Balaban J connectivity index is 1.57. The highest BCUT2D eigenvalue weighted by molar-refractivity contribution is 8.00. The van der Waals surface area contributed by atoms with E-state index in [4.69, 9.17) is 14.2 Å². The van der Waals surface area contributed by atoms with E-state index < -0.39 is 23.0 Å². The zero-order valence-corrected chi connectivity index (χ0v) is 27.8. The molecule has 48 heavy (non-hydrogen) atoms. The second-order valence-corrected chi connectivity index (χ2v) is 11.8. The minimum absolute atomic E-state index is 0.0672. The van der Waals surface area contributed by atoms with E-state index in [1.54, 1.807) is 86.6 Å². The molecule has 12 heteroatoms. The average Bonchev–Trinajstić information content (AvgIpc) is 3.08. The number of hydrogen-bond acceptors (Lipinski definition) is 8. The van der Waals surface area contributed by atoms with Gasteiger partial charge in [-0.25, -0.2) is 4.79 Å². The molecule has 4 rings (SSSR count). The molecule has 0 aliphatic rings. The van der Waals surface area contributed by atoms with E-state index in [0.29, 0.717) is 44.6 Å². The molecule has 0 aliphatic heterocycles. The van der Waals surface area contributed by atoms with Crippen molar-refractivity contribution < 1.29 is 38.5 Å². The van der Waals surface area contributed by atoms with E-state index in [1.165, 1.54) is 51.3 Å². The van der Waals surface area contributed by atoms with Crippen LogP contribution in [-0.2, 0) is 9.59 Å². The number of carbonyl (C=O) groups is 4. The Morgan fingerprint density at radius 3 is 2.12 bits per heavy atom. The molecule has 0 saturated heterocycles. The smallest absolute Gasteiger partial charge is 0.335 e. The zero-order valence-electron chi connectivity index (χ0n) is 27.0. The molecule has 4 N–H and O–H groups in total. The average molecular weight is 670 g/mol. The van der Waals surface area contributed by atoms with Crippen LogP contribution in [0.15, 0.2) is 95.5 Å². The first kappa shape index (κ1) is 35.1. The predicted octanol–water partition coefficient (Wildman–Crippen LogP) is 6.25. The van der Waals surface area contributed by atoms with Gasteiger partial charge in [-0.05, 0) is 74.0 Å². The number of aromatic carboxylic acids is 1. The van der Waals surface area contributed by atoms with Gasteiger partial charge >= 0.3 is 5.97 Å². The summed E-state index contributed by atoms with van der Waals surface area (Å²) in [6, 6.07) is 23.1. The largest absolute Gasteiger partial charge is 0.496 e. The monoisotopic (exact) mass is 669 g/mol. The Bertz CT molecular complexity index is 1860. The third-order valence-electron chi connectivity index (χ3n) is 7.08. The Labute approximate surface area is 282 Å². The van der Waals surface area contributed by atoms with E-state index in [2.05, 4.69) is 16.0 Å². The lowest BCUT2D eigenvalue weighted by Gasteiger charge is -2.16. The van der Waals surface area contributed by atoms with Crippen molar-refractivity contribution in [2.45, 2.75) is 24.0 Å². The van der Waals surface area contributed by atoms with E-state index in [0.717, 1.165) is 5.56 Å². The molecule has 4 aromatic carbocycles. The minimum atomic E-state index is -1.09. The third-order valence-corrected chi connectivity index (χ3v) is 8.17. The molecule has 11 nitrogen and oxygen atoms in total. The van der Waals surface area contributed by atoms with Crippen molar-refractivity contribution in [2.75, 3.05) is 32.0 Å². The third kappa shape index (κ3) is 8.95. The first-order valence-electron chi connectivity index (χ1n) is 14.6. The van der Waals surface area contributed by atoms with E-state index in [-0.39, 0.29) is 17.2 Å². The van der Waals surface area contributed by atoms with Gasteiger partial charge in [0.2, 0.25) is 5.91 Å². The summed E-state index contributed by atoms with van der Waals surface area (Å²) in [5, 5.41) is 17.1. The second kappa shape index (κ2) is 16.2. The van der Waals surface area contributed by atoms with Gasteiger partial charge in [0.25, 0.3) is 11.8 Å². The number of carboxylic acid groups (broad SMARTS) is 1. The van der Waals surface area contributed by atoms with Gasteiger partial charge in [0.15, 0.2) is 11.5 Å². The normalized spacial score (nSPS) is 11.6. The lowest BCUT2D eigenvalue weighted by molar-refractivity contribution is -0.115. The quantitative estimate of drug-likeness (QED) is 0.0957. The number of thioether (sulfide) groups is 1. The van der Waals surface area contributed by atoms with Crippen LogP contribution in [0.5, 0.6) is 17.2 Å². The number of carboxylic acids is 1. The summed E-state index contributed by atoms with van der Waals surface area (Å²) in [6.45, 7) is 3.50. The fourth-order valence-electron chi connectivity index (χ4n) is 4.49. The van der Waals surface area contributed by atoms with Crippen LogP contribution in [0, 0.1) is 6.92 Å². The topological polar surface area (TPSA) is 152 Å². The maximum absolute atomic E-state index is 13.7. The fraction of sp³-hybridized carbons (Fsp3) is 0.167. The van der Waals surface area contributed by atoms with Crippen LogP contribution in [0.4, 0.5) is 11.4 Å². The number of ether oxygens (including phenoxy) is 3. The van der Waals surface area contributed by atoms with E-state index in [1.807, 2.05) is 0 Å². The summed E-state index contributed by atoms with van der Waals surface area (Å²) >= 11 is 1.25. The SMILES string of the molecule is COc1cc(OC)c(OC)cc1/C=C(/NC(=O)c1ccccc1)C(=O)Nc1cccc(SC(C)C(=O)Nc2cc(C(=O)O)ccc2C)c1. The van der Waals surface area contributed by atoms with Gasteiger partial charge in [0.05, 0.1) is 32.1 Å². The summed E-state index contributed by atoms with van der Waals surface area (Å²) in [7, 11) is 4.45. The van der Waals surface area contributed by atoms with Crippen molar-refractivity contribution in [3.63, 3.8) is 0 Å². The lowest BCUT2D eigenvalue weighted by atomic mass is 10.1. The Morgan fingerprint density at radius 2 is 1.46 bits per heavy atom. The molecule has 0 saturated carbocycles. The van der Waals surface area contributed by atoms with Gasteiger partial charge in [0, 0.05) is 33.5 Å². The van der Waals surface area contributed by atoms with Crippen molar-refractivity contribution in [1.82, 2.24) is 5.32 Å². The van der Waals surface area contributed by atoms with E-state index in [9.17, 15) is 24.3 Å². The summed E-state index contributed by atoms with van der Waals surface area (Å²) < 4.78 is 16.3. The highest BCUT2D eigenvalue weighted by Crippen LogP contribution is 2.36. The van der Waals surface area contributed by atoms with Crippen molar-refractivity contribution in [1.29, 1.82) is 0 Å². The molecule has 1 atom stereocenters. The van der Waals surface area contributed by atoms with Gasteiger partial charge in [-0.3, -0.25) is 14.4 Å². The molecule has 0 radical (unpaired) electrons. The van der Waals surface area contributed by atoms with Crippen LogP contribution in [-0.4, -0.2) is 55.4 Å². The Morgan fingerprint density at radius 1 is 0.771 bits per heavy atom. The summed E-state index contributed by atoms with van der Waals surface area (Å²) in [5.74, 6) is -1.33. The van der Waals surface area contributed by atoms with Gasteiger partial charge in [-0.2, -0.15) is 0 Å². The second-order valence-electron chi connectivity index (χ2n) is 10.4. The maximum atomic E-state index is 13.7. The zero-order chi connectivity index (χ0) is 34.8. The van der Waals surface area contributed by atoms with Gasteiger partial charge in [0.1, 0.15) is 11.4 Å². The Kier molecular flexibility index (Phi) is 11.8. The number of rotatable bonds is 13. The summed E-state index contributed by atoms with van der Waals surface area (Å²) in [6.07, 6.45) is 1.48. The minimum Gasteiger partial charge on any atom is -0.496 e. The van der Waals surface area contributed by atoms with Crippen molar-refractivity contribution in [3.8, 4) is 17.2 Å². The summed E-state index contributed by atoms with van der Waals surface area (Å²) in [5.41, 5.74) is 2.35. The number of nitrogens with one attached hydrogen (secondary N) is 3. The maximum Gasteiger partial charge on any atom is 0.335 e. The van der Waals surface area contributed by atoms with Crippen LogP contribution in [0.3, 0.4) is 0 Å². The highest BCUT2D eigenvalue weighted by atomic mass is 32.2. The first-order chi connectivity index (χ1) is 23.0. The van der Waals surface area contributed by atoms with Crippen molar-refractivity contribution in [3.05, 3.63) is 113 Å². The fourth-order valence-corrected chi connectivity index (χ4v) is 5.42. The number of benzene rings is 4. The molecule has 0 spiro atoms. The van der Waals surface area contributed by atoms with Gasteiger partial charge in [-0.1, -0.05) is 30.3 Å². The predicted molar refractivity (Wildman–Crippen MR) is 185 cm³/mol. The highest BCUT2D eigenvalue weighted by Gasteiger charge is 2.20. The van der Waals surface area contributed by atoms with Crippen LogP contribution in [0.1, 0.15) is 38.8 Å². The number of methoxy groups -OCH3 is 3. The molecule has 0 aromatic heterocycles. The molecule has 248 valence electrons. The standard InChI is InChI=1S/C36H35N3O8S/c1-21-14-15-24(36(43)44)16-28(21)38-33(40)22(2)48-27-13-9-12-26(19-27)37-35(42)29(39-34(41)23-10-7-6-8-11-23)17-25-18-31(46-4)32(47-5)20-30(25)45-3/h6-20,22H,1-5H3,(H,37,42)(H,38,40)(H,39,41)(H,43,44)/b29-17+. The van der Waals surface area contributed by atoms with Crippen LogP contribution in [0.25, 0.3) is 6.08 Å². The van der Waals surface area contributed by atoms with Crippen LogP contribution in [0.2, 0.25) is 0 Å². The molecule has 3 amide bonds. The summed E-state index contributed by atoms with van der Waals surface area (Å²) in [4.78, 5) is 51.9. The molecular weight excluding hydrogens is 634 g/mol. The molecule has 1 unspecified atom stereocenters. The van der Waals surface area contributed by atoms with Crippen molar-refractivity contribution in [2.24, 2.45) is 0 Å². The lowest BCUT2D eigenvalue weighted by Crippen LogP contribution is -2.30. The number of aryl methyl sites for hydroxylation is 1. The molecule has 0 aliphatic carbocycles. The van der Waals surface area contributed by atoms with E-state index >= 15 is 0 Å².